The topological polar surface area (TPSA) is 30.2 Å². The van der Waals surface area contributed by atoms with Crippen LogP contribution in [0, 0.1) is 0 Å². The van der Waals surface area contributed by atoms with Crippen molar-refractivity contribution in [3.05, 3.63) is 120 Å². The molecule has 0 amide bonds. The van der Waals surface area contributed by atoms with E-state index < -0.39 is 0 Å². The number of hydrogen-bond donors (Lipinski definition) is 0. The van der Waals surface area contributed by atoms with Gasteiger partial charge in [0.15, 0.2) is 5.78 Å². The molecule has 2 heteroatoms. The number of carbonyl (C=O) groups excluding carboxylic acids is 1. The van der Waals surface area contributed by atoms with Crippen LogP contribution < -0.4 is 0 Å². The Kier molecular flexibility index (Phi) is 4.48. The Morgan fingerprint density at radius 2 is 1.31 bits per heavy atom. The highest BCUT2D eigenvalue weighted by Gasteiger charge is 2.20. The van der Waals surface area contributed by atoms with E-state index in [9.17, 15) is 4.79 Å². The monoisotopic (exact) mass is 338 g/mol. The highest BCUT2D eigenvalue weighted by Crippen LogP contribution is 2.30. The van der Waals surface area contributed by atoms with E-state index in [2.05, 4.69) is 12.1 Å². The third-order valence-corrected chi connectivity index (χ3v) is 4.32. The fraction of sp³-hybridized carbons (Fsp3) is 0.0417. The molecule has 0 N–H and O–H groups in total. The third-order valence-electron chi connectivity index (χ3n) is 4.32. The molecule has 0 aliphatic rings. The van der Waals surface area contributed by atoms with Crippen molar-refractivity contribution < 1.29 is 9.21 Å². The van der Waals surface area contributed by atoms with Gasteiger partial charge in [-0.1, -0.05) is 91.0 Å². The van der Waals surface area contributed by atoms with Gasteiger partial charge in [-0.05, 0) is 11.6 Å². The summed E-state index contributed by atoms with van der Waals surface area (Å²) < 4.78 is 6.13. The molecule has 126 valence electrons. The maximum atomic E-state index is 13.0. The van der Waals surface area contributed by atoms with Crippen LogP contribution in [-0.4, -0.2) is 5.78 Å². The Morgan fingerprint density at radius 1 is 0.731 bits per heavy atom. The van der Waals surface area contributed by atoms with E-state index in [0.29, 0.717) is 23.3 Å². The van der Waals surface area contributed by atoms with Gasteiger partial charge in [-0.15, -0.1) is 0 Å². The molecule has 1 aromatic heterocycles. The second-order valence-electron chi connectivity index (χ2n) is 6.18. The summed E-state index contributed by atoms with van der Waals surface area (Å²) in [5.41, 5.74) is 3.33. The average molecular weight is 338 g/mol. The van der Waals surface area contributed by atoms with Crippen molar-refractivity contribution in [2.75, 3.05) is 0 Å². The summed E-state index contributed by atoms with van der Waals surface area (Å²) in [6, 6.07) is 31.1. The molecule has 4 rings (SSSR count). The molecule has 4 aromatic rings. The lowest BCUT2D eigenvalue weighted by molar-refractivity contribution is 0.103. The predicted octanol–water partition coefficient (Wildman–Crippen LogP) is 5.77. The van der Waals surface area contributed by atoms with Crippen LogP contribution in [0.3, 0.4) is 0 Å². The molecule has 0 atom stereocenters. The lowest BCUT2D eigenvalue weighted by Crippen LogP contribution is -2.01. The van der Waals surface area contributed by atoms with E-state index in [1.165, 1.54) is 0 Å². The lowest BCUT2D eigenvalue weighted by atomic mass is 10.00. The Morgan fingerprint density at radius 3 is 1.96 bits per heavy atom. The zero-order valence-corrected chi connectivity index (χ0v) is 14.3. The predicted molar refractivity (Wildman–Crippen MR) is 103 cm³/mol. The summed E-state index contributed by atoms with van der Waals surface area (Å²) in [6.45, 7) is 0. The van der Waals surface area contributed by atoms with E-state index in [1.54, 1.807) is 0 Å². The van der Waals surface area contributed by atoms with Crippen molar-refractivity contribution in [3.63, 3.8) is 0 Å². The highest BCUT2D eigenvalue weighted by atomic mass is 16.3. The molecular formula is C24H18O2. The SMILES string of the molecule is O=C(c1ccccc1)c1cc(Cc2ccccc2)oc1-c1ccccc1. The molecule has 1 heterocycles. The van der Waals surface area contributed by atoms with Crippen molar-refractivity contribution in [2.24, 2.45) is 0 Å². The number of hydrogen-bond acceptors (Lipinski definition) is 2. The molecule has 2 nitrogen and oxygen atoms in total. The van der Waals surface area contributed by atoms with Gasteiger partial charge >= 0.3 is 0 Å². The summed E-state index contributed by atoms with van der Waals surface area (Å²) >= 11 is 0. The van der Waals surface area contributed by atoms with E-state index >= 15 is 0 Å². The summed E-state index contributed by atoms with van der Waals surface area (Å²) in [5.74, 6) is 1.40. The van der Waals surface area contributed by atoms with Crippen LogP contribution in [0.15, 0.2) is 101 Å². The summed E-state index contributed by atoms with van der Waals surface area (Å²) in [6.07, 6.45) is 0.655. The fourth-order valence-electron chi connectivity index (χ4n) is 3.04. The van der Waals surface area contributed by atoms with Gasteiger partial charge in [0, 0.05) is 17.5 Å². The van der Waals surface area contributed by atoms with Crippen LogP contribution in [0.2, 0.25) is 0 Å². The van der Waals surface area contributed by atoms with Crippen molar-refractivity contribution in [1.29, 1.82) is 0 Å². The largest absolute Gasteiger partial charge is 0.460 e. The minimum atomic E-state index is -0.0208. The first-order chi connectivity index (χ1) is 12.8. The van der Waals surface area contributed by atoms with Crippen LogP contribution in [0.25, 0.3) is 11.3 Å². The number of benzene rings is 3. The minimum absolute atomic E-state index is 0.0208. The molecule has 26 heavy (non-hydrogen) atoms. The second kappa shape index (κ2) is 7.24. The molecule has 3 aromatic carbocycles. The third kappa shape index (κ3) is 3.35. The molecule has 0 aliphatic heterocycles. The Hall–Kier alpha value is -3.39. The van der Waals surface area contributed by atoms with Gasteiger partial charge < -0.3 is 4.42 Å². The average Bonchev–Trinajstić information content (AvgIpc) is 3.13. The molecule has 0 bridgehead atoms. The smallest absolute Gasteiger partial charge is 0.196 e. The Labute approximate surface area is 152 Å². The highest BCUT2D eigenvalue weighted by molar-refractivity contribution is 6.12. The quantitative estimate of drug-likeness (QED) is 0.433. The number of furan rings is 1. The number of rotatable bonds is 5. The van der Waals surface area contributed by atoms with Crippen LogP contribution in [0.4, 0.5) is 0 Å². The van der Waals surface area contributed by atoms with Gasteiger partial charge in [-0.25, -0.2) is 0 Å². The molecule has 0 fully saturated rings. The summed E-state index contributed by atoms with van der Waals surface area (Å²) in [5, 5.41) is 0. The van der Waals surface area contributed by atoms with Crippen molar-refractivity contribution in [1.82, 2.24) is 0 Å². The zero-order chi connectivity index (χ0) is 17.8. The first-order valence-corrected chi connectivity index (χ1v) is 8.63. The standard InChI is InChI=1S/C24H18O2/c25-23(19-12-6-2-7-13-19)22-17-21(16-18-10-4-1-5-11-18)26-24(22)20-14-8-3-9-15-20/h1-15,17H,16H2. The summed E-state index contributed by atoms with van der Waals surface area (Å²) in [7, 11) is 0. The van der Waals surface area contributed by atoms with Crippen molar-refractivity contribution in [2.45, 2.75) is 6.42 Å². The van der Waals surface area contributed by atoms with Crippen molar-refractivity contribution in [3.8, 4) is 11.3 Å². The molecule has 0 saturated carbocycles. The van der Waals surface area contributed by atoms with E-state index in [4.69, 9.17) is 4.42 Å². The first kappa shape index (κ1) is 16.1. The van der Waals surface area contributed by atoms with E-state index in [1.807, 2.05) is 84.9 Å². The Balaban J connectivity index is 1.77. The molecule has 0 radical (unpaired) electrons. The normalized spacial score (nSPS) is 10.6. The number of carbonyl (C=O) groups is 1. The van der Waals surface area contributed by atoms with Crippen LogP contribution >= 0.6 is 0 Å². The zero-order valence-electron chi connectivity index (χ0n) is 14.3. The fourth-order valence-corrected chi connectivity index (χ4v) is 3.04. The molecule has 0 saturated heterocycles. The van der Waals surface area contributed by atoms with E-state index in [-0.39, 0.29) is 5.78 Å². The van der Waals surface area contributed by atoms with E-state index in [0.717, 1.165) is 16.9 Å². The van der Waals surface area contributed by atoms with Gasteiger partial charge in [0.1, 0.15) is 11.5 Å². The lowest BCUT2D eigenvalue weighted by Gasteiger charge is -2.02. The van der Waals surface area contributed by atoms with Crippen molar-refractivity contribution >= 4 is 5.78 Å². The molecule has 0 aliphatic carbocycles. The maximum Gasteiger partial charge on any atom is 0.196 e. The van der Waals surface area contributed by atoms with Gasteiger partial charge in [-0.2, -0.15) is 0 Å². The minimum Gasteiger partial charge on any atom is -0.460 e. The number of ketones is 1. The van der Waals surface area contributed by atoms with Crippen LogP contribution in [0.1, 0.15) is 27.2 Å². The Bertz CT molecular complexity index is 1000. The van der Waals surface area contributed by atoms with Gasteiger partial charge in [0.2, 0.25) is 0 Å². The summed E-state index contributed by atoms with van der Waals surface area (Å²) in [4.78, 5) is 13.0. The maximum absolute atomic E-state index is 13.0. The molecular weight excluding hydrogens is 320 g/mol. The van der Waals surface area contributed by atoms with Gasteiger partial charge in [0.25, 0.3) is 0 Å². The first-order valence-electron chi connectivity index (χ1n) is 8.63. The van der Waals surface area contributed by atoms with Crippen LogP contribution in [-0.2, 0) is 6.42 Å². The second-order valence-corrected chi connectivity index (χ2v) is 6.18. The molecule has 0 unspecified atom stereocenters. The van der Waals surface area contributed by atoms with Gasteiger partial charge in [-0.3, -0.25) is 4.79 Å². The van der Waals surface area contributed by atoms with Gasteiger partial charge in [0.05, 0.1) is 5.56 Å². The molecule has 0 spiro atoms. The van der Waals surface area contributed by atoms with Crippen LogP contribution in [0.5, 0.6) is 0 Å².